The second-order valence-electron chi connectivity index (χ2n) is 8.77. The van der Waals surface area contributed by atoms with Crippen LogP contribution < -0.4 is 11.1 Å². The van der Waals surface area contributed by atoms with E-state index < -0.39 is 11.9 Å². The van der Waals surface area contributed by atoms with Crippen LogP contribution in [-0.2, 0) is 9.59 Å². The van der Waals surface area contributed by atoms with Crippen molar-refractivity contribution < 1.29 is 14.7 Å². The molecule has 43 heavy (non-hydrogen) atoms. The Morgan fingerprint density at radius 3 is 1.79 bits per heavy atom. The highest BCUT2D eigenvalue weighted by molar-refractivity contribution is 6.35. The van der Waals surface area contributed by atoms with Gasteiger partial charge in [0.25, 0.3) is 5.91 Å². The number of nitrogens with zero attached hydrogens (tertiary/aromatic N) is 2. The number of aromatic amines is 2. The second-order valence-corrected chi connectivity index (χ2v) is 9.58. The van der Waals surface area contributed by atoms with Gasteiger partial charge in [0.2, 0.25) is 0 Å². The third kappa shape index (κ3) is 7.72. The van der Waals surface area contributed by atoms with Crippen LogP contribution in [0.15, 0.2) is 85.5 Å². The summed E-state index contributed by atoms with van der Waals surface area (Å²) in [5.74, 6) is 1.77. The van der Waals surface area contributed by atoms with E-state index in [0.29, 0.717) is 15.7 Å². The summed E-state index contributed by atoms with van der Waals surface area (Å²) in [6.07, 6.45) is 16.4. The SMILES string of the molecule is C#CC(=O)Nc1cccc(-c2cnc3[nH]cc(Cl)c3c2)c1.C#CC(=O)O.Nc1cccc(-c2cnc3[nH]cc(Cl)c3c2)c1. The highest BCUT2D eigenvalue weighted by atomic mass is 35.5. The van der Waals surface area contributed by atoms with Crippen molar-refractivity contribution in [2.45, 2.75) is 0 Å². The van der Waals surface area contributed by atoms with E-state index >= 15 is 0 Å². The molecule has 0 unspecified atom stereocenters. The minimum Gasteiger partial charge on any atom is -0.472 e. The first-order chi connectivity index (χ1) is 20.7. The Balaban J connectivity index is 0.000000173. The van der Waals surface area contributed by atoms with Crippen LogP contribution in [0.4, 0.5) is 11.4 Å². The zero-order chi connectivity index (χ0) is 30.9. The predicted octanol–water partition coefficient (Wildman–Crippen LogP) is 6.62. The largest absolute Gasteiger partial charge is 0.472 e. The van der Waals surface area contributed by atoms with Crippen LogP contribution in [0.5, 0.6) is 0 Å². The molecular weight excluding hydrogens is 587 g/mol. The smallest absolute Gasteiger partial charge is 0.381 e. The average Bonchev–Trinajstić information content (AvgIpc) is 3.59. The molecule has 4 heterocycles. The lowest BCUT2D eigenvalue weighted by atomic mass is 10.1. The summed E-state index contributed by atoms with van der Waals surface area (Å²) < 4.78 is 0. The van der Waals surface area contributed by atoms with Crippen molar-refractivity contribution >= 4 is 68.5 Å². The summed E-state index contributed by atoms with van der Waals surface area (Å²) in [6.45, 7) is 0. The summed E-state index contributed by atoms with van der Waals surface area (Å²) in [4.78, 5) is 35.0. The third-order valence-electron chi connectivity index (χ3n) is 5.89. The molecule has 0 aliphatic heterocycles. The number of terminal acetylenes is 2. The maximum atomic E-state index is 11.2. The molecule has 0 aliphatic carbocycles. The van der Waals surface area contributed by atoms with E-state index in [2.05, 4.69) is 31.7 Å². The lowest BCUT2D eigenvalue weighted by Crippen LogP contribution is -2.07. The molecular formula is C32H22Cl2N6O3. The van der Waals surface area contributed by atoms with Crippen LogP contribution in [0.3, 0.4) is 0 Å². The van der Waals surface area contributed by atoms with E-state index in [0.717, 1.165) is 50.0 Å². The Hall–Kier alpha value is -5.74. The molecule has 0 spiro atoms. The number of nitrogens with two attached hydrogens (primary N) is 1. The van der Waals surface area contributed by atoms with Crippen molar-refractivity contribution in [1.82, 2.24) is 19.9 Å². The van der Waals surface area contributed by atoms with Crippen molar-refractivity contribution in [1.29, 1.82) is 0 Å². The molecule has 0 bridgehead atoms. The number of aliphatic carboxylic acids is 1. The van der Waals surface area contributed by atoms with Gasteiger partial charge in [0.05, 0.1) is 10.0 Å². The number of aromatic nitrogens is 4. The van der Waals surface area contributed by atoms with Gasteiger partial charge >= 0.3 is 5.97 Å². The summed E-state index contributed by atoms with van der Waals surface area (Å²) >= 11 is 12.2. The highest BCUT2D eigenvalue weighted by Gasteiger charge is 2.07. The van der Waals surface area contributed by atoms with Crippen LogP contribution in [0.1, 0.15) is 0 Å². The number of halogens is 2. The Morgan fingerprint density at radius 2 is 1.30 bits per heavy atom. The number of carboxylic acid groups (broad SMARTS) is 1. The summed E-state index contributed by atoms with van der Waals surface area (Å²) in [5.41, 5.74) is 12.5. The topological polar surface area (TPSA) is 150 Å². The number of benzene rings is 2. The number of carboxylic acids is 1. The molecule has 1 amide bonds. The molecule has 0 saturated carbocycles. The van der Waals surface area contributed by atoms with E-state index in [9.17, 15) is 4.79 Å². The standard InChI is InChI=1S/C16H10ClN3O.C13H10ClN3.C3H2O2/c1-2-15(21)20-12-5-3-4-10(6-12)11-7-13-14(17)9-19-16(13)18-8-11;14-12-7-17-13-11(12)5-9(6-16-13)8-2-1-3-10(15)4-8;1-2-3(4)5/h1,3-9H,(H,18,19)(H,20,21);1-7H,15H2,(H,16,17);1H,(H,4,5). The van der Waals surface area contributed by atoms with Gasteiger partial charge in [-0.2, -0.15) is 0 Å². The van der Waals surface area contributed by atoms with Gasteiger partial charge in [0, 0.05) is 64.0 Å². The van der Waals surface area contributed by atoms with Crippen molar-refractivity contribution in [3.63, 3.8) is 0 Å². The second kappa shape index (κ2) is 13.7. The molecule has 6 aromatic rings. The van der Waals surface area contributed by atoms with Crippen LogP contribution in [0.2, 0.25) is 10.0 Å². The quantitative estimate of drug-likeness (QED) is 0.112. The van der Waals surface area contributed by atoms with Gasteiger partial charge in [-0.1, -0.05) is 47.5 Å². The molecule has 0 radical (unpaired) electrons. The van der Waals surface area contributed by atoms with Gasteiger partial charge in [0.15, 0.2) is 0 Å². The van der Waals surface area contributed by atoms with Crippen LogP contribution >= 0.6 is 23.2 Å². The number of H-pyrrole nitrogens is 2. The number of anilines is 2. The van der Waals surface area contributed by atoms with Gasteiger partial charge < -0.3 is 26.1 Å². The van der Waals surface area contributed by atoms with Crippen LogP contribution in [0, 0.1) is 24.7 Å². The lowest BCUT2D eigenvalue weighted by molar-refractivity contribution is -0.130. The predicted molar refractivity (Wildman–Crippen MR) is 171 cm³/mol. The lowest BCUT2D eigenvalue weighted by Gasteiger charge is -2.05. The number of hydrogen-bond donors (Lipinski definition) is 5. The highest BCUT2D eigenvalue weighted by Crippen LogP contribution is 2.29. The fraction of sp³-hybridized carbons (Fsp3) is 0. The summed E-state index contributed by atoms with van der Waals surface area (Å²) in [6, 6.07) is 19.0. The van der Waals surface area contributed by atoms with Gasteiger partial charge in [0.1, 0.15) is 11.3 Å². The number of fused-ring (bicyclic) bond motifs is 2. The maximum absolute atomic E-state index is 11.2. The minimum absolute atomic E-state index is 0.477. The monoisotopic (exact) mass is 608 g/mol. The summed E-state index contributed by atoms with van der Waals surface area (Å²) in [5, 5.41) is 13.2. The number of nitrogen functional groups attached to an aromatic ring is 1. The van der Waals surface area contributed by atoms with Crippen molar-refractivity contribution in [3.05, 3.63) is 95.5 Å². The van der Waals surface area contributed by atoms with Crippen molar-refractivity contribution in [2.24, 2.45) is 0 Å². The number of carbonyl (C=O) groups excluding carboxylic acids is 1. The van der Waals surface area contributed by atoms with E-state index in [-0.39, 0.29) is 0 Å². The van der Waals surface area contributed by atoms with Crippen molar-refractivity contribution in [3.8, 4) is 46.9 Å². The number of rotatable bonds is 3. The fourth-order valence-corrected chi connectivity index (χ4v) is 4.32. The molecule has 2 aromatic carbocycles. The van der Waals surface area contributed by atoms with E-state index in [1.165, 1.54) is 5.92 Å². The van der Waals surface area contributed by atoms with Crippen LogP contribution in [-0.4, -0.2) is 36.9 Å². The molecule has 6 N–H and O–H groups in total. The number of carbonyl (C=O) groups is 2. The molecule has 0 aliphatic rings. The third-order valence-corrected chi connectivity index (χ3v) is 6.51. The van der Waals surface area contributed by atoms with Gasteiger partial charge in [-0.05, 0) is 53.4 Å². The van der Waals surface area contributed by atoms with E-state index in [4.69, 9.17) is 45.3 Å². The Labute approximate surface area is 256 Å². The number of nitrogens with one attached hydrogen (secondary N) is 3. The Kier molecular flexibility index (Phi) is 9.66. The molecule has 11 heteroatoms. The molecule has 4 aromatic heterocycles. The molecule has 0 saturated heterocycles. The van der Waals surface area contributed by atoms with Crippen molar-refractivity contribution in [2.75, 3.05) is 11.1 Å². The first kappa shape index (κ1) is 30.2. The first-order valence-electron chi connectivity index (χ1n) is 12.4. The van der Waals surface area contributed by atoms with E-state index in [1.807, 2.05) is 66.7 Å². The number of amides is 1. The van der Waals surface area contributed by atoms with Gasteiger partial charge in [-0.3, -0.25) is 4.79 Å². The molecule has 212 valence electrons. The molecule has 0 atom stereocenters. The van der Waals surface area contributed by atoms with Crippen LogP contribution in [0.25, 0.3) is 44.3 Å². The zero-order valence-electron chi connectivity index (χ0n) is 22.2. The number of pyridine rings is 2. The number of hydrogen-bond acceptors (Lipinski definition) is 5. The molecule has 0 fully saturated rings. The average molecular weight is 609 g/mol. The van der Waals surface area contributed by atoms with Gasteiger partial charge in [-0.25, -0.2) is 14.8 Å². The summed E-state index contributed by atoms with van der Waals surface area (Å²) in [7, 11) is 0. The Bertz CT molecular complexity index is 2040. The van der Waals surface area contributed by atoms with E-state index in [1.54, 1.807) is 24.7 Å². The minimum atomic E-state index is -1.22. The maximum Gasteiger partial charge on any atom is 0.381 e. The first-order valence-corrected chi connectivity index (χ1v) is 13.1. The van der Waals surface area contributed by atoms with Gasteiger partial charge in [-0.15, -0.1) is 12.8 Å². The zero-order valence-corrected chi connectivity index (χ0v) is 23.7. The normalized spacial score (nSPS) is 9.95. The Morgan fingerprint density at radius 1 is 0.791 bits per heavy atom. The molecule has 6 rings (SSSR count). The molecule has 9 nitrogen and oxygen atoms in total. The fourth-order valence-electron chi connectivity index (χ4n) is 3.92.